The van der Waals surface area contributed by atoms with Crippen LogP contribution in [0.1, 0.15) is 25.5 Å². The quantitative estimate of drug-likeness (QED) is 0.929. The van der Waals surface area contributed by atoms with Crippen molar-refractivity contribution >= 4 is 18.3 Å². The van der Waals surface area contributed by atoms with E-state index in [1.54, 1.807) is 17.0 Å². The first-order chi connectivity index (χ1) is 9.49. The molecule has 0 aliphatic carbocycles. The fourth-order valence-electron chi connectivity index (χ4n) is 2.22. The predicted octanol–water partition coefficient (Wildman–Crippen LogP) is 2.13. The van der Waals surface area contributed by atoms with E-state index in [2.05, 4.69) is 0 Å². The van der Waals surface area contributed by atoms with Crippen molar-refractivity contribution in [3.8, 4) is 0 Å². The van der Waals surface area contributed by atoms with Crippen molar-refractivity contribution in [1.29, 1.82) is 0 Å². The zero-order valence-corrected chi connectivity index (χ0v) is 13.1. The topological polar surface area (TPSA) is 55.6 Å². The lowest BCUT2D eigenvalue weighted by Gasteiger charge is -2.35. The Morgan fingerprint density at radius 2 is 2.00 bits per heavy atom. The minimum Gasteiger partial charge on any atom is -0.370 e. The van der Waals surface area contributed by atoms with Crippen LogP contribution in [0.3, 0.4) is 0 Å². The number of hydrogen-bond donors (Lipinski definition) is 1. The van der Waals surface area contributed by atoms with Gasteiger partial charge in [-0.15, -0.1) is 12.4 Å². The fraction of sp³-hybridized carbons (Fsp3) is 0.533. The van der Waals surface area contributed by atoms with Crippen LogP contribution >= 0.6 is 12.4 Å². The van der Waals surface area contributed by atoms with E-state index in [-0.39, 0.29) is 36.2 Å². The maximum absolute atomic E-state index is 12.9. The summed E-state index contributed by atoms with van der Waals surface area (Å²) in [6, 6.07) is 5.70. The van der Waals surface area contributed by atoms with Crippen LogP contribution in [0.2, 0.25) is 0 Å². The highest BCUT2D eigenvalue weighted by Crippen LogP contribution is 2.23. The molecule has 2 N–H and O–H groups in total. The number of benzene rings is 1. The predicted molar refractivity (Wildman–Crippen MR) is 81.7 cm³/mol. The van der Waals surface area contributed by atoms with Gasteiger partial charge in [0.25, 0.3) is 0 Å². The summed E-state index contributed by atoms with van der Waals surface area (Å²) in [6.45, 7) is 5.35. The highest BCUT2D eigenvalue weighted by molar-refractivity contribution is 5.85. The van der Waals surface area contributed by atoms with Gasteiger partial charge in [0.2, 0.25) is 5.91 Å². The number of ether oxygens (including phenoxy) is 1. The number of nitrogens with zero attached hydrogens (tertiary/aromatic N) is 1. The van der Waals surface area contributed by atoms with Gasteiger partial charge in [-0.05, 0) is 23.6 Å². The summed E-state index contributed by atoms with van der Waals surface area (Å²) in [6.07, 6.45) is -0.215. The molecule has 1 aliphatic rings. The molecule has 2 atom stereocenters. The van der Waals surface area contributed by atoms with Crippen molar-refractivity contribution in [2.45, 2.75) is 26.0 Å². The summed E-state index contributed by atoms with van der Waals surface area (Å²) in [4.78, 5) is 14.0. The maximum Gasteiger partial charge on any atom is 0.239 e. The van der Waals surface area contributed by atoms with Crippen molar-refractivity contribution in [3.63, 3.8) is 0 Å². The molecule has 21 heavy (non-hydrogen) atoms. The molecule has 0 radical (unpaired) electrons. The third kappa shape index (κ3) is 4.40. The summed E-state index contributed by atoms with van der Waals surface area (Å²) in [5.74, 6) is -0.218. The number of carbonyl (C=O) groups excluding carboxylic acids is 1. The van der Waals surface area contributed by atoms with Gasteiger partial charge >= 0.3 is 0 Å². The van der Waals surface area contributed by atoms with Crippen LogP contribution in [0.15, 0.2) is 24.3 Å². The average molecular weight is 317 g/mol. The number of amides is 1. The minimum absolute atomic E-state index is 0. The molecule has 2 rings (SSSR count). The smallest absolute Gasteiger partial charge is 0.239 e. The van der Waals surface area contributed by atoms with Gasteiger partial charge in [-0.25, -0.2) is 4.39 Å². The lowest BCUT2D eigenvalue weighted by Crippen LogP contribution is -2.51. The van der Waals surface area contributed by atoms with Crippen LogP contribution in [0, 0.1) is 11.7 Å². The summed E-state index contributed by atoms with van der Waals surface area (Å²) >= 11 is 0. The standard InChI is InChI=1S/C15H21FN2O2.ClH/c1-10(2)14(17)15(19)18-7-8-20-13(9-18)11-3-5-12(16)6-4-11;/h3-6,10,13-14H,7-9,17H2,1-2H3;1H. The van der Waals surface area contributed by atoms with E-state index in [9.17, 15) is 9.18 Å². The average Bonchev–Trinajstić information content (AvgIpc) is 2.46. The van der Waals surface area contributed by atoms with Gasteiger partial charge in [-0.2, -0.15) is 0 Å². The van der Waals surface area contributed by atoms with Crippen molar-refractivity contribution in [3.05, 3.63) is 35.6 Å². The minimum atomic E-state index is -0.484. The van der Waals surface area contributed by atoms with Crippen LogP contribution in [-0.4, -0.2) is 36.5 Å². The van der Waals surface area contributed by atoms with E-state index in [0.717, 1.165) is 5.56 Å². The Labute approximate surface area is 130 Å². The first-order valence-electron chi connectivity index (χ1n) is 6.90. The Hall–Kier alpha value is -1.17. The van der Waals surface area contributed by atoms with Gasteiger partial charge in [0.1, 0.15) is 11.9 Å². The summed E-state index contributed by atoms with van der Waals surface area (Å²) < 4.78 is 18.6. The molecule has 2 unspecified atom stereocenters. The van der Waals surface area contributed by atoms with Gasteiger partial charge in [-0.1, -0.05) is 26.0 Å². The first-order valence-corrected chi connectivity index (χ1v) is 6.90. The molecular weight excluding hydrogens is 295 g/mol. The number of morpholine rings is 1. The largest absolute Gasteiger partial charge is 0.370 e. The zero-order valence-electron chi connectivity index (χ0n) is 12.3. The monoisotopic (exact) mass is 316 g/mol. The molecule has 0 aromatic heterocycles. The molecule has 1 aliphatic heterocycles. The van der Waals surface area contributed by atoms with Gasteiger partial charge in [0.15, 0.2) is 0 Å². The molecule has 1 amide bonds. The number of rotatable bonds is 3. The van der Waals surface area contributed by atoms with Crippen LogP contribution in [0.4, 0.5) is 4.39 Å². The molecule has 1 aromatic carbocycles. The third-order valence-electron chi connectivity index (χ3n) is 3.62. The van der Waals surface area contributed by atoms with Gasteiger partial charge in [-0.3, -0.25) is 4.79 Å². The Balaban J connectivity index is 0.00000220. The Bertz CT molecular complexity index is 467. The molecule has 1 fully saturated rings. The molecular formula is C15H22ClFN2O2. The lowest BCUT2D eigenvalue weighted by atomic mass is 10.0. The second kappa shape index (κ2) is 7.73. The molecule has 0 bridgehead atoms. The van der Waals surface area contributed by atoms with E-state index < -0.39 is 6.04 Å². The second-order valence-corrected chi connectivity index (χ2v) is 5.47. The molecule has 4 nitrogen and oxygen atoms in total. The Morgan fingerprint density at radius 3 is 2.57 bits per heavy atom. The Morgan fingerprint density at radius 1 is 1.38 bits per heavy atom. The van der Waals surface area contributed by atoms with Crippen LogP contribution in [0.5, 0.6) is 0 Å². The highest BCUT2D eigenvalue weighted by atomic mass is 35.5. The number of carbonyl (C=O) groups is 1. The maximum atomic E-state index is 12.9. The zero-order chi connectivity index (χ0) is 14.7. The first kappa shape index (κ1) is 17.9. The van der Waals surface area contributed by atoms with Crippen molar-refractivity contribution in [2.75, 3.05) is 19.7 Å². The molecule has 6 heteroatoms. The van der Waals surface area contributed by atoms with Crippen LogP contribution in [-0.2, 0) is 9.53 Å². The summed E-state index contributed by atoms with van der Waals surface area (Å²) in [5.41, 5.74) is 6.79. The van der Waals surface area contributed by atoms with Crippen molar-refractivity contribution < 1.29 is 13.9 Å². The van der Waals surface area contributed by atoms with E-state index in [1.807, 2.05) is 13.8 Å². The van der Waals surface area contributed by atoms with E-state index in [0.29, 0.717) is 19.7 Å². The van der Waals surface area contributed by atoms with Gasteiger partial charge in [0, 0.05) is 6.54 Å². The number of halogens is 2. The van der Waals surface area contributed by atoms with E-state index in [1.165, 1.54) is 12.1 Å². The van der Waals surface area contributed by atoms with Crippen LogP contribution < -0.4 is 5.73 Å². The third-order valence-corrected chi connectivity index (χ3v) is 3.62. The molecule has 0 spiro atoms. The van der Waals surface area contributed by atoms with Gasteiger partial charge < -0.3 is 15.4 Å². The number of hydrogen-bond acceptors (Lipinski definition) is 3. The Kier molecular flexibility index (Phi) is 6.58. The van der Waals surface area contributed by atoms with E-state index in [4.69, 9.17) is 10.5 Å². The second-order valence-electron chi connectivity index (χ2n) is 5.47. The lowest BCUT2D eigenvalue weighted by molar-refractivity contribution is -0.141. The SMILES string of the molecule is CC(C)C(N)C(=O)N1CCOC(c2ccc(F)cc2)C1.Cl. The van der Waals surface area contributed by atoms with Crippen LogP contribution in [0.25, 0.3) is 0 Å². The summed E-state index contributed by atoms with van der Waals surface area (Å²) in [7, 11) is 0. The molecule has 118 valence electrons. The van der Waals surface area contributed by atoms with Gasteiger partial charge in [0.05, 0.1) is 19.2 Å². The molecule has 1 saturated heterocycles. The fourth-order valence-corrected chi connectivity index (χ4v) is 2.22. The highest BCUT2D eigenvalue weighted by Gasteiger charge is 2.29. The van der Waals surface area contributed by atoms with Crippen molar-refractivity contribution in [1.82, 2.24) is 4.90 Å². The number of nitrogens with two attached hydrogens (primary N) is 1. The molecule has 1 aromatic rings. The normalized spacial score (nSPS) is 20.0. The summed E-state index contributed by atoms with van der Waals surface area (Å²) in [5, 5.41) is 0. The van der Waals surface area contributed by atoms with E-state index >= 15 is 0 Å². The van der Waals surface area contributed by atoms with Crippen molar-refractivity contribution in [2.24, 2.45) is 11.7 Å². The molecule has 0 saturated carbocycles. The molecule has 1 heterocycles.